The van der Waals surface area contributed by atoms with Crippen LogP contribution in [0.15, 0.2) is 27.8 Å². The fourth-order valence-corrected chi connectivity index (χ4v) is 2.02. The second-order valence-corrected chi connectivity index (χ2v) is 6.26. The lowest BCUT2D eigenvalue weighted by Gasteiger charge is -2.06. The maximum atomic E-state index is 11.2. The van der Waals surface area contributed by atoms with Gasteiger partial charge in [0.25, 0.3) is 5.89 Å². The number of ether oxygens (including phenoxy) is 1. The van der Waals surface area contributed by atoms with Gasteiger partial charge in [0.2, 0.25) is 9.84 Å². The van der Waals surface area contributed by atoms with Crippen LogP contribution in [-0.2, 0) is 16.4 Å². The van der Waals surface area contributed by atoms with Gasteiger partial charge in [-0.05, 0) is 30.7 Å². The van der Waals surface area contributed by atoms with Gasteiger partial charge in [0.05, 0.1) is 0 Å². The first-order chi connectivity index (χ1) is 8.86. The highest BCUT2D eigenvalue weighted by atomic mass is 35.5. The Morgan fingerprint density at radius 1 is 1.37 bits per heavy atom. The molecule has 8 heteroatoms. The van der Waals surface area contributed by atoms with Gasteiger partial charge in [-0.15, -0.1) is 5.10 Å². The van der Waals surface area contributed by atoms with E-state index in [0.717, 1.165) is 11.8 Å². The molecule has 0 amide bonds. The van der Waals surface area contributed by atoms with Crippen molar-refractivity contribution in [2.45, 2.75) is 18.8 Å². The molecule has 19 heavy (non-hydrogen) atoms. The third-order valence-corrected chi connectivity index (χ3v) is 3.29. The van der Waals surface area contributed by atoms with E-state index in [9.17, 15) is 8.42 Å². The van der Waals surface area contributed by atoms with Crippen molar-refractivity contribution >= 4 is 21.4 Å². The summed E-state index contributed by atoms with van der Waals surface area (Å²) < 4.78 is 32.7. The zero-order valence-electron chi connectivity index (χ0n) is 10.3. The van der Waals surface area contributed by atoms with E-state index in [-0.39, 0.29) is 12.5 Å². The summed E-state index contributed by atoms with van der Waals surface area (Å²) in [5.41, 5.74) is 0.857. The largest absolute Gasteiger partial charge is 0.484 e. The van der Waals surface area contributed by atoms with Crippen molar-refractivity contribution in [3.8, 4) is 5.75 Å². The van der Waals surface area contributed by atoms with E-state index in [2.05, 4.69) is 10.2 Å². The highest BCUT2D eigenvalue weighted by molar-refractivity contribution is 7.90. The molecule has 2 aromatic rings. The van der Waals surface area contributed by atoms with Crippen LogP contribution in [0.3, 0.4) is 0 Å². The minimum Gasteiger partial charge on any atom is -0.484 e. The van der Waals surface area contributed by atoms with E-state index in [1.165, 1.54) is 0 Å². The molecule has 0 unspecified atom stereocenters. The lowest BCUT2D eigenvalue weighted by molar-refractivity contribution is 0.249. The number of hydrogen-bond donors (Lipinski definition) is 0. The molecule has 1 aromatic carbocycles. The average molecular weight is 303 g/mol. The number of hydrogen-bond acceptors (Lipinski definition) is 6. The number of nitrogens with zero attached hydrogens (tertiary/aromatic N) is 2. The zero-order chi connectivity index (χ0) is 14.0. The molecule has 102 valence electrons. The fourth-order valence-electron chi connectivity index (χ4n) is 1.36. The number of sulfone groups is 1. The lowest BCUT2D eigenvalue weighted by atomic mass is 10.2. The molecule has 0 saturated heterocycles. The summed E-state index contributed by atoms with van der Waals surface area (Å²) in [5.74, 6) is 0.707. The molecule has 1 aromatic heterocycles. The Balaban J connectivity index is 2.09. The van der Waals surface area contributed by atoms with Crippen molar-refractivity contribution in [1.29, 1.82) is 0 Å². The zero-order valence-corrected chi connectivity index (χ0v) is 11.8. The first kappa shape index (κ1) is 13.8. The van der Waals surface area contributed by atoms with Gasteiger partial charge < -0.3 is 9.15 Å². The van der Waals surface area contributed by atoms with Crippen LogP contribution in [0.4, 0.5) is 0 Å². The van der Waals surface area contributed by atoms with Crippen LogP contribution in [0, 0.1) is 6.92 Å². The van der Waals surface area contributed by atoms with Gasteiger partial charge >= 0.3 is 5.22 Å². The summed E-state index contributed by atoms with van der Waals surface area (Å²) in [6.45, 7) is 1.84. The molecule has 0 spiro atoms. The van der Waals surface area contributed by atoms with Crippen LogP contribution >= 0.6 is 11.6 Å². The molecule has 6 nitrogen and oxygen atoms in total. The number of rotatable bonds is 4. The number of aromatic nitrogens is 2. The monoisotopic (exact) mass is 302 g/mol. The summed E-state index contributed by atoms with van der Waals surface area (Å²) in [5, 5.41) is 7.22. The minimum atomic E-state index is -3.49. The molecule has 0 bridgehead atoms. The highest BCUT2D eigenvalue weighted by Gasteiger charge is 2.16. The van der Waals surface area contributed by atoms with Crippen molar-refractivity contribution in [3.05, 3.63) is 34.7 Å². The highest BCUT2D eigenvalue weighted by Crippen LogP contribution is 2.22. The van der Waals surface area contributed by atoms with Crippen molar-refractivity contribution < 1.29 is 17.6 Å². The van der Waals surface area contributed by atoms with Crippen LogP contribution in [0.2, 0.25) is 5.02 Å². The molecule has 2 rings (SSSR count). The first-order valence-electron chi connectivity index (χ1n) is 5.27. The van der Waals surface area contributed by atoms with Crippen molar-refractivity contribution in [3.63, 3.8) is 0 Å². The normalized spacial score (nSPS) is 11.5. The third-order valence-electron chi connectivity index (χ3n) is 2.25. The number of benzene rings is 1. The lowest BCUT2D eigenvalue weighted by Crippen LogP contribution is -1.97. The molecular weight excluding hydrogens is 292 g/mol. The minimum absolute atomic E-state index is 0.00894. The van der Waals surface area contributed by atoms with Crippen LogP contribution in [0.5, 0.6) is 5.75 Å². The van der Waals surface area contributed by atoms with Crippen molar-refractivity contribution in [1.82, 2.24) is 10.2 Å². The Morgan fingerprint density at radius 2 is 2.11 bits per heavy atom. The van der Waals surface area contributed by atoms with Crippen LogP contribution in [-0.4, -0.2) is 24.9 Å². The molecule has 0 atom stereocenters. The molecule has 1 heterocycles. The van der Waals surface area contributed by atoms with E-state index in [1.807, 2.05) is 6.92 Å². The van der Waals surface area contributed by atoms with Crippen LogP contribution in [0.25, 0.3) is 0 Å². The molecule has 0 fully saturated rings. The Labute approximate surface area is 115 Å². The number of aryl methyl sites for hydroxylation is 1. The summed E-state index contributed by atoms with van der Waals surface area (Å²) in [6, 6.07) is 5.16. The average Bonchev–Trinajstić information content (AvgIpc) is 2.76. The molecule has 0 N–H and O–H groups in total. The SMILES string of the molecule is Cc1cc(Cl)ccc1OCc1nnc(S(C)(=O)=O)o1. The molecule has 0 aliphatic carbocycles. The Hall–Kier alpha value is -1.60. The van der Waals surface area contributed by atoms with Gasteiger partial charge in [0.1, 0.15) is 5.75 Å². The molecule has 0 saturated carbocycles. The van der Waals surface area contributed by atoms with Gasteiger partial charge in [0.15, 0.2) is 6.61 Å². The summed E-state index contributed by atoms with van der Waals surface area (Å²) in [6.07, 6.45) is 0.995. The van der Waals surface area contributed by atoms with Crippen LogP contribution < -0.4 is 4.74 Å². The Morgan fingerprint density at radius 3 is 2.68 bits per heavy atom. The van der Waals surface area contributed by atoms with Gasteiger partial charge in [-0.3, -0.25) is 0 Å². The molecule has 0 radical (unpaired) electrons. The molecule has 0 aliphatic rings. The van der Waals surface area contributed by atoms with Gasteiger partial charge in [-0.25, -0.2) is 8.42 Å². The maximum Gasteiger partial charge on any atom is 0.335 e. The van der Waals surface area contributed by atoms with E-state index in [1.54, 1.807) is 18.2 Å². The standard InChI is InChI=1S/C11H11ClN2O4S/c1-7-5-8(12)3-4-9(7)17-6-10-13-14-11(18-10)19(2,15)16/h3-5H,6H2,1-2H3. The quantitative estimate of drug-likeness (QED) is 0.859. The van der Waals surface area contributed by atoms with Gasteiger partial charge in [-0.1, -0.05) is 16.7 Å². The second kappa shape index (κ2) is 5.18. The second-order valence-electron chi connectivity index (χ2n) is 3.93. The summed E-state index contributed by atoms with van der Waals surface area (Å²) >= 11 is 5.82. The topological polar surface area (TPSA) is 82.3 Å². The van der Waals surface area contributed by atoms with Crippen molar-refractivity contribution in [2.24, 2.45) is 0 Å². The summed E-state index contributed by atoms with van der Waals surface area (Å²) in [7, 11) is -3.49. The fraction of sp³-hybridized carbons (Fsp3) is 0.273. The predicted molar refractivity (Wildman–Crippen MR) is 67.9 cm³/mol. The predicted octanol–water partition coefficient (Wildman–Crippen LogP) is 2.01. The third kappa shape index (κ3) is 3.45. The van der Waals surface area contributed by atoms with Crippen LogP contribution in [0.1, 0.15) is 11.5 Å². The van der Waals surface area contributed by atoms with E-state index in [0.29, 0.717) is 10.8 Å². The Kier molecular flexibility index (Phi) is 3.77. The molecule has 0 aliphatic heterocycles. The smallest absolute Gasteiger partial charge is 0.335 e. The summed E-state index contributed by atoms with van der Waals surface area (Å²) in [4.78, 5) is 0. The maximum absolute atomic E-state index is 11.2. The Bertz CT molecular complexity index is 696. The van der Waals surface area contributed by atoms with E-state index >= 15 is 0 Å². The first-order valence-corrected chi connectivity index (χ1v) is 7.54. The van der Waals surface area contributed by atoms with Gasteiger partial charge in [-0.2, -0.15) is 0 Å². The van der Waals surface area contributed by atoms with E-state index < -0.39 is 15.1 Å². The number of halogens is 1. The van der Waals surface area contributed by atoms with Gasteiger partial charge in [0, 0.05) is 11.3 Å². The molecular formula is C11H11ClN2O4S. The van der Waals surface area contributed by atoms with E-state index in [4.69, 9.17) is 20.8 Å². The van der Waals surface area contributed by atoms with Crippen molar-refractivity contribution in [2.75, 3.05) is 6.26 Å².